The molecule has 0 atom stereocenters. The molecule has 0 unspecified atom stereocenters. The molecular weight excluding hydrogens is 368 g/mol. The van der Waals surface area contributed by atoms with Gasteiger partial charge >= 0.3 is 0 Å². The number of amides is 1. The zero-order valence-corrected chi connectivity index (χ0v) is 14.8. The predicted octanol–water partition coefficient (Wildman–Crippen LogP) is 2.30. The molecule has 138 valence electrons. The van der Waals surface area contributed by atoms with Crippen molar-refractivity contribution in [3.05, 3.63) is 72.6 Å². The van der Waals surface area contributed by atoms with Crippen molar-refractivity contribution in [3.8, 4) is 22.6 Å². The Morgan fingerprint density at radius 2 is 1.67 bits per heavy atom. The first-order valence-electron chi connectivity index (χ1n) is 7.81. The number of nitrogens with two attached hydrogens (primary N) is 1. The van der Waals surface area contributed by atoms with Gasteiger partial charge in [-0.15, -0.1) is 0 Å². The lowest BCUT2D eigenvalue weighted by Gasteiger charge is -2.10. The van der Waals surface area contributed by atoms with E-state index < -0.39 is 21.7 Å². The number of phenols is 2. The Hall–Kier alpha value is -3.52. The highest BCUT2D eigenvalue weighted by molar-refractivity contribution is 7.90. The van der Waals surface area contributed by atoms with E-state index in [1.165, 1.54) is 48.8 Å². The summed E-state index contributed by atoms with van der Waals surface area (Å²) in [6.45, 7) is 0. The molecule has 8 heteroatoms. The van der Waals surface area contributed by atoms with Gasteiger partial charge in [0.25, 0.3) is 10.0 Å². The Balaban J connectivity index is 1.95. The molecule has 0 aliphatic heterocycles. The van der Waals surface area contributed by atoms with E-state index in [0.29, 0.717) is 16.7 Å². The Labute approximate surface area is 155 Å². The molecule has 1 amide bonds. The second-order valence-corrected chi connectivity index (χ2v) is 7.56. The molecule has 1 heterocycles. The average molecular weight is 384 g/mol. The molecule has 2 aromatic carbocycles. The number of nitrogens with zero attached hydrogens (tertiary/aromatic N) is 1. The van der Waals surface area contributed by atoms with Crippen LogP contribution in [0.3, 0.4) is 0 Å². The highest BCUT2D eigenvalue weighted by atomic mass is 32.2. The number of benzene rings is 2. The smallest absolute Gasteiger partial charge is 0.271 e. The monoisotopic (exact) mass is 384 g/mol. The van der Waals surface area contributed by atoms with Crippen molar-refractivity contribution in [1.29, 1.82) is 0 Å². The maximum absolute atomic E-state index is 12.8. The standard InChI is InChI=1S/C19H16N2O5S/c20-19(24)8-1-13-9-10-21(12-13)27(25,26)18-7-4-15(11-17(18)23)14-2-5-16(22)6-3-14/h1-12,22-23H,(H2,20,24)/b8-1+. The minimum absolute atomic E-state index is 0.107. The number of carbonyl (C=O) groups is 1. The lowest BCUT2D eigenvalue weighted by molar-refractivity contribution is -0.113. The van der Waals surface area contributed by atoms with Crippen LogP contribution in [0.4, 0.5) is 0 Å². The molecule has 0 aliphatic rings. The second-order valence-electron chi connectivity index (χ2n) is 5.74. The van der Waals surface area contributed by atoms with Crippen molar-refractivity contribution in [2.24, 2.45) is 5.73 Å². The minimum Gasteiger partial charge on any atom is -0.508 e. The normalized spacial score (nSPS) is 11.7. The maximum atomic E-state index is 12.8. The second kappa shape index (κ2) is 7.00. The first-order valence-corrected chi connectivity index (χ1v) is 9.25. The van der Waals surface area contributed by atoms with Crippen LogP contribution in [0.2, 0.25) is 0 Å². The van der Waals surface area contributed by atoms with Gasteiger partial charge < -0.3 is 15.9 Å². The number of hydrogen-bond acceptors (Lipinski definition) is 5. The van der Waals surface area contributed by atoms with E-state index >= 15 is 0 Å². The number of aromatic nitrogens is 1. The summed E-state index contributed by atoms with van der Waals surface area (Å²) in [5, 5.41) is 19.6. The fraction of sp³-hybridized carbons (Fsp3) is 0. The highest BCUT2D eigenvalue weighted by Gasteiger charge is 2.21. The molecule has 7 nitrogen and oxygen atoms in total. The molecule has 0 radical (unpaired) electrons. The minimum atomic E-state index is -4.02. The Kier molecular flexibility index (Phi) is 4.74. The Bertz CT molecular complexity index is 1130. The van der Waals surface area contributed by atoms with Gasteiger partial charge in [-0.3, -0.25) is 4.79 Å². The van der Waals surface area contributed by atoms with E-state index in [4.69, 9.17) is 5.73 Å². The van der Waals surface area contributed by atoms with Crippen molar-refractivity contribution in [3.63, 3.8) is 0 Å². The molecule has 27 heavy (non-hydrogen) atoms. The van der Waals surface area contributed by atoms with Gasteiger partial charge in [-0.2, -0.15) is 0 Å². The summed E-state index contributed by atoms with van der Waals surface area (Å²) in [6.07, 6.45) is 5.13. The number of hydrogen-bond donors (Lipinski definition) is 3. The fourth-order valence-corrected chi connectivity index (χ4v) is 3.77. The summed E-state index contributed by atoms with van der Waals surface area (Å²) in [5.41, 5.74) is 6.80. The molecule has 3 aromatic rings. The molecule has 0 aliphatic carbocycles. The Morgan fingerprint density at radius 3 is 2.30 bits per heavy atom. The van der Waals surface area contributed by atoms with Crippen molar-refractivity contribution in [1.82, 2.24) is 3.97 Å². The molecule has 0 saturated heterocycles. The number of aromatic hydroxyl groups is 2. The van der Waals surface area contributed by atoms with Gasteiger partial charge in [0.15, 0.2) is 0 Å². The summed E-state index contributed by atoms with van der Waals surface area (Å²) in [4.78, 5) is 10.5. The van der Waals surface area contributed by atoms with E-state index in [9.17, 15) is 23.4 Å². The average Bonchev–Trinajstić information content (AvgIpc) is 3.10. The van der Waals surface area contributed by atoms with Gasteiger partial charge in [-0.05, 0) is 53.1 Å². The predicted molar refractivity (Wildman–Crippen MR) is 100 cm³/mol. The van der Waals surface area contributed by atoms with Crippen LogP contribution < -0.4 is 5.73 Å². The van der Waals surface area contributed by atoms with Gasteiger partial charge in [0.05, 0.1) is 0 Å². The van der Waals surface area contributed by atoms with Gasteiger partial charge in [0, 0.05) is 18.5 Å². The van der Waals surface area contributed by atoms with Crippen LogP contribution in [0.1, 0.15) is 5.56 Å². The van der Waals surface area contributed by atoms with Crippen LogP contribution in [-0.4, -0.2) is 28.5 Å². The molecule has 0 fully saturated rings. The molecule has 0 bridgehead atoms. The number of primary amides is 1. The van der Waals surface area contributed by atoms with Crippen molar-refractivity contribution in [2.45, 2.75) is 4.90 Å². The summed E-state index contributed by atoms with van der Waals surface area (Å²) >= 11 is 0. The molecular formula is C19H16N2O5S. The van der Waals surface area contributed by atoms with Gasteiger partial charge in [-0.1, -0.05) is 18.2 Å². The summed E-state index contributed by atoms with van der Waals surface area (Å²) < 4.78 is 26.5. The lowest BCUT2D eigenvalue weighted by atomic mass is 10.1. The fourth-order valence-electron chi connectivity index (χ4n) is 2.50. The summed E-state index contributed by atoms with van der Waals surface area (Å²) in [7, 11) is -4.02. The van der Waals surface area contributed by atoms with E-state index in [1.54, 1.807) is 18.2 Å². The van der Waals surface area contributed by atoms with Crippen LogP contribution >= 0.6 is 0 Å². The Morgan fingerprint density at radius 1 is 1.00 bits per heavy atom. The lowest BCUT2D eigenvalue weighted by Crippen LogP contribution is -2.11. The quantitative estimate of drug-likeness (QED) is 0.583. The third kappa shape index (κ3) is 3.85. The van der Waals surface area contributed by atoms with Crippen molar-refractivity contribution in [2.75, 3.05) is 0 Å². The zero-order valence-electron chi connectivity index (χ0n) is 14.0. The van der Waals surface area contributed by atoms with Crippen LogP contribution in [0, 0.1) is 0 Å². The van der Waals surface area contributed by atoms with E-state index in [2.05, 4.69) is 0 Å². The van der Waals surface area contributed by atoms with E-state index in [-0.39, 0.29) is 10.6 Å². The van der Waals surface area contributed by atoms with Crippen LogP contribution in [-0.2, 0) is 14.8 Å². The molecule has 1 aromatic heterocycles. The maximum Gasteiger partial charge on any atom is 0.271 e. The van der Waals surface area contributed by atoms with Gasteiger partial charge in [0.2, 0.25) is 5.91 Å². The SMILES string of the molecule is NC(=O)/C=C/c1ccn(S(=O)(=O)c2ccc(-c3ccc(O)cc3)cc2O)c1. The summed E-state index contributed by atoms with van der Waals surface area (Å²) in [6, 6.07) is 12.0. The molecule has 0 saturated carbocycles. The van der Waals surface area contributed by atoms with Crippen LogP contribution in [0.5, 0.6) is 11.5 Å². The number of rotatable bonds is 5. The third-order valence-electron chi connectivity index (χ3n) is 3.85. The molecule has 3 rings (SSSR count). The first-order chi connectivity index (χ1) is 12.8. The molecule has 4 N–H and O–H groups in total. The van der Waals surface area contributed by atoms with E-state index in [1.807, 2.05) is 0 Å². The third-order valence-corrected chi connectivity index (χ3v) is 5.53. The van der Waals surface area contributed by atoms with Crippen molar-refractivity contribution < 1.29 is 23.4 Å². The highest BCUT2D eigenvalue weighted by Crippen LogP contribution is 2.31. The number of phenolic OH excluding ortho intramolecular Hbond substituents is 2. The van der Waals surface area contributed by atoms with E-state index in [0.717, 1.165) is 10.0 Å². The van der Waals surface area contributed by atoms with Crippen LogP contribution in [0.15, 0.2) is 71.9 Å². The number of carbonyl (C=O) groups excluding carboxylic acids is 1. The van der Waals surface area contributed by atoms with Crippen LogP contribution in [0.25, 0.3) is 17.2 Å². The van der Waals surface area contributed by atoms with Gasteiger partial charge in [0.1, 0.15) is 16.4 Å². The molecule has 0 spiro atoms. The topological polar surface area (TPSA) is 123 Å². The first kappa shape index (κ1) is 18.3. The zero-order chi connectivity index (χ0) is 19.6. The van der Waals surface area contributed by atoms with Gasteiger partial charge in [-0.25, -0.2) is 12.4 Å². The summed E-state index contributed by atoms with van der Waals surface area (Å²) in [5.74, 6) is -0.937. The largest absolute Gasteiger partial charge is 0.508 e. The van der Waals surface area contributed by atoms with Crippen molar-refractivity contribution >= 4 is 22.0 Å².